The van der Waals surface area contributed by atoms with Crippen molar-refractivity contribution in [2.24, 2.45) is 5.92 Å². The van der Waals surface area contributed by atoms with Crippen LogP contribution in [0, 0.1) is 12.8 Å². The summed E-state index contributed by atoms with van der Waals surface area (Å²) in [6.07, 6.45) is 12.4. The second-order valence-corrected chi connectivity index (χ2v) is 7.18. The van der Waals surface area contributed by atoms with E-state index in [0.717, 1.165) is 18.3 Å². The summed E-state index contributed by atoms with van der Waals surface area (Å²) in [5.74, 6) is 2.33. The Morgan fingerprint density at radius 1 is 1.26 bits per heavy atom. The number of rotatable bonds is 5. The van der Waals surface area contributed by atoms with Crippen LogP contribution in [0.3, 0.4) is 0 Å². The van der Waals surface area contributed by atoms with Crippen LogP contribution in [-0.4, -0.2) is 52.7 Å². The summed E-state index contributed by atoms with van der Waals surface area (Å²) in [5, 5.41) is 4.02. The highest BCUT2D eigenvalue weighted by Gasteiger charge is 2.23. The summed E-state index contributed by atoms with van der Waals surface area (Å²) in [6, 6.07) is 0.630. The van der Waals surface area contributed by atoms with Crippen molar-refractivity contribution in [3.63, 3.8) is 0 Å². The van der Waals surface area contributed by atoms with Crippen LogP contribution >= 0.6 is 0 Å². The molecule has 3 rings (SSSR count). The summed E-state index contributed by atoms with van der Waals surface area (Å²) in [7, 11) is 2.19. The van der Waals surface area contributed by atoms with Gasteiger partial charge in [0.05, 0.1) is 6.54 Å². The first-order valence-electron chi connectivity index (χ1n) is 9.07. The summed E-state index contributed by atoms with van der Waals surface area (Å²) in [5.41, 5.74) is 0. The molecule has 128 valence electrons. The number of hydrogen-bond acceptors (Lipinski definition) is 5. The molecule has 0 bridgehead atoms. The lowest BCUT2D eigenvalue weighted by Crippen LogP contribution is -2.34. The standard InChI is InChI=1S/C18H30N4O/c1-15-19-18(20-23-15)14-21(2)17-9-6-11-22(12-10-17)13-16-7-4-3-5-8-16/h3-4,16-17H,5-14H2,1-2H3. The van der Waals surface area contributed by atoms with Crippen molar-refractivity contribution in [3.05, 3.63) is 23.9 Å². The van der Waals surface area contributed by atoms with E-state index < -0.39 is 0 Å². The van der Waals surface area contributed by atoms with Crippen LogP contribution in [0.15, 0.2) is 16.7 Å². The minimum Gasteiger partial charge on any atom is -0.340 e. The molecule has 5 nitrogen and oxygen atoms in total. The first kappa shape index (κ1) is 16.7. The first-order valence-corrected chi connectivity index (χ1v) is 9.07. The number of nitrogens with zero attached hydrogens (tertiary/aromatic N) is 4. The van der Waals surface area contributed by atoms with E-state index >= 15 is 0 Å². The SMILES string of the molecule is Cc1nc(CN(C)C2CCCN(CC3CC=CCC3)CC2)no1. The molecule has 2 heterocycles. The largest absolute Gasteiger partial charge is 0.340 e. The highest BCUT2D eigenvalue weighted by molar-refractivity contribution is 4.91. The third-order valence-corrected chi connectivity index (χ3v) is 5.27. The van der Waals surface area contributed by atoms with Crippen molar-refractivity contribution < 1.29 is 4.52 Å². The van der Waals surface area contributed by atoms with Crippen LogP contribution in [0.25, 0.3) is 0 Å². The Bertz CT molecular complexity index is 513. The molecule has 0 amide bonds. The summed E-state index contributed by atoms with van der Waals surface area (Å²) < 4.78 is 5.08. The number of allylic oxidation sites excluding steroid dienone is 2. The average molecular weight is 318 g/mol. The Balaban J connectivity index is 1.46. The summed E-state index contributed by atoms with van der Waals surface area (Å²) in [4.78, 5) is 9.42. The summed E-state index contributed by atoms with van der Waals surface area (Å²) in [6.45, 7) is 6.40. The van der Waals surface area contributed by atoms with Gasteiger partial charge in [0, 0.05) is 19.5 Å². The lowest BCUT2D eigenvalue weighted by molar-refractivity contribution is 0.193. The maximum atomic E-state index is 5.08. The fourth-order valence-electron chi connectivity index (χ4n) is 3.91. The molecule has 0 spiro atoms. The van der Waals surface area contributed by atoms with Gasteiger partial charge in [0.1, 0.15) is 0 Å². The van der Waals surface area contributed by atoms with Crippen molar-refractivity contribution in [3.8, 4) is 0 Å². The molecule has 23 heavy (non-hydrogen) atoms. The molecule has 1 aromatic rings. The van der Waals surface area contributed by atoms with Crippen LogP contribution in [0.4, 0.5) is 0 Å². The van der Waals surface area contributed by atoms with Gasteiger partial charge in [-0.1, -0.05) is 17.3 Å². The maximum Gasteiger partial charge on any atom is 0.223 e. The molecule has 0 radical (unpaired) electrons. The Hall–Kier alpha value is -1.20. The Morgan fingerprint density at radius 3 is 2.91 bits per heavy atom. The van der Waals surface area contributed by atoms with Gasteiger partial charge in [0.25, 0.3) is 0 Å². The van der Waals surface area contributed by atoms with Crippen molar-refractivity contribution in [1.82, 2.24) is 19.9 Å². The number of aromatic nitrogens is 2. The zero-order chi connectivity index (χ0) is 16.1. The quantitative estimate of drug-likeness (QED) is 0.781. The lowest BCUT2D eigenvalue weighted by atomic mass is 9.94. The van der Waals surface area contributed by atoms with Gasteiger partial charge in [-0.2, -0.15) is 4.98 Å². The first-order chi connectivity index (χ1) is 11.2. The van der Waals surface area contributed by atoms with Gasteiger partial charge in [-0.25, -0.2) is 0 Å². The van der Waals surface area contributed by atoms with Gasteiger partial charge in [-0.3, -0.25) is 4.90 Å². The highest BCUT2D eigenvalue weighted by Crippen LogP contribution is 2.22. The van der Waals surface area contributed by atoms with Gasteiger partial charge in [-0.05, 0) is 64.6 Å². The molecule has 1 aliphatic carbocycles. The maximum absolute atomic E-state index is 5.08. The molecule has 2 aliphatic rings. The lowest BCUT2D eigenvalue weighted by Gasteiger charge is -2.28. The van der Waals surface area contributed by atoms with Gasteiger partial charge < -0.3 is 9.42 Å². The minimum atomic E-state index is 0.630. The van der Waals surface area contributed by atoms with E-state index in [4.69, 9.17) is 4.52 Å². The average Bonchev–Trinajstić information content (AvgIpc) is 2.82. The molecule has 1 saturated heterocycles. The van der Waals surface area contributed by atoms with Gasteiger partial charge >= 0.3 is 0 Å². The van der Waals surface area contributed by atoms with E-state index in [1.807, 2.05) is 6.92 Å². The van der Waals surface area contributed by atoms with E-state index in [2.05, 4.69) is 39.1 Å². The number of aryl methyl sites for hydroxylation is 1. The van der Waals surface area contributed by atoms with Crippen LogP contribution in [0.5, 0.6) is 0 Å². The van der Waals surface area contributed by atoms with Crippen molar-refractivity contribution >= 4 is 0 Å². The fourth-order valence-corrected chi connectivity index (χ4v) is 3.91. The zero-order valence-corrected chi connectivity index (χ0v) is 14.6. The molecule has 0 saturated carbocycles. The van der Waals surface area contributed by atoms with E-state index in [0.29, 0.717) is 11.9 Å². The third-order valence-electron chi connectivity index (χ3n) is 5.27. The topological polar surface area (TPSA) is 45.4 Å². The highest BCUT2D eigenvalue weighted by atomic mass is 16.5. The van der Waals surface area contributed by atoms with E-state index in [-0.39, 0.29) is 0 Å². The summed E-state index contributed by atoms with van der Waals surface area (Å²) >= 11 is 0. The molecule has 0 aromatic carbocycles. The fraction of sp³-hybridized carbons (Fsp3) is 0.778. The zero-order valence-electron chi connectivity index (χ0n) is 14.6. The molecule has 2 unspecified atom stereocenters. The predicted octanol–water partition coefficient (Wildman–Crippen LogP) is 3.02. The molecule has 1 aromatic heterocycles. The van der Waals surface area contributed by atoms with Gasteiger partial charge in [0.2, 0.25) is 5.89 Å². The Labute approximate surface area is 139 Å². The van der Waals surface area contributed by atoms with Crippen LogP contribution in [0.2, 0.25) is 0 Å². The van der Waals surface area contributed by atoms with E-state index in [9.17, 15) is 0 Å². The van der Waals surface area contributed by atoms with Crippen LogP contribution in [0.1, 0.15) is 50.2 Å². The second-order valence-electron chi connectivity index (χ2n) is 7.18. The van der Waals surface area contributed by atoms with Crippen molar-refractivity contribution in [1.29, 1.82) is 0 Å². The molecule has 5 heteroatoms. The molecule has 2 atom stereocenters. The minimum absolute atomic E-state index is 0.630. The Kier molecular flexibility index (Phi) is 5.84. The van der Waals surface area contributed by atoms with Crippen molar-refractivity contribution in [2.75, 3.05) is 26.7 Å². The van der Waals surface area contributed by atoms with Crippen molar-refractivity contribution in [2.45, 2.75) is 58.0 Å². The predicted molar refractivity (Wildman–Crippen MR) is 91.1 cm³/mol. The molecule has 1 aliphatic heterocycles. The third kappa shape index (κ3) is 4.88. The normalized spacial score (nSPS) is 26.6. The monoisotopic (exact) mass is 318 g/mol. The van der Waals surface area contributed by atoms with Gasteiger partial charge in [0.15, 0.2) is 5.82 Å². The van der Waals surface area contributed by atoms with Crippen LogP contribution < -0.4 is 0 Å². The second kappa shape index (κ2) is 8.06. The number of hydrogen-bond donors (Lipinski definition) is 0. The molecule has 0 N–H and O–H groups in total. The smallest absolute Gasteiger partial charge is 0.223 e. The Morgan fingerprint density at radius 2 is 2.17 bits per heavy atom. The molecular formula is C18H30N4O. The molecule has 1 fully saturated rings. The number of likely N-dealkylation sites (tertiary alicyclic amines) is 1. The van der Waals surface area contributed by atoms with E-state index in [1.54, 1.807) is 0 Å². The van der Waals surface area contributed by atoms with Gasteiger partial charge in [-0.15, -0.1) is 0 Å². The van der Waals surface area contributed by atoms with Crippen LogP contribution in [-0.2, 0) is 6.54 Å². The van der Waals surface area contributed by atoms with E-state index in [1.165, 1.54) is 58.2 Å². The molecular weight excluding hydrogens is 288 g/mol.